The van der Waals surface area contributed by atoms with Crippen molar-refractivity contribution in [1.29, 1.82) is 0 Å². The molecule has 0 spiro atoms. The molecule has 0 heterocycles. The van der Waals surface area contributed by atoms with Crippen LogP contribution < -0.4 is 0 Å². The summed E-state index contributed by atoms with van der Waals surface area (Å²) in [6.07, 6.45) is 3.73. The highest BCUT2D eigenvalue weighted by Gasteiger charge is 2.12. The Balaban J connectivity index is 2.21. The quantitative estimate of drug-likeness (QED) is 0.408. The van der Waals surface area contributed by atoms with Crippen LogP contribution in [-0.4, -0.2) is 12.6 Å². The first-order valence-electron chi connectivity index (χ1n) is 7.96. The second kappa shape index (κ2) is 8.96. The summed E-state index contributed by atoms with van der Waals surface area (Å²) in [5.41, 5.74) is 1.96. The fourth-order valence-electron chi connectivity index (χ4n) is 2.17. The predicted octanol–water partition coefficient (Wildman–Crippen LogP) is 4.93. The molecule has 126 valence electrons. The number of esters is 1. The van der Waals surface area contributed by atoms with Crippen molar-refractivity contribution in [3.8, 4) is 0 Å². The lowest BCUT2D eigenvalue weighted by Crippen LogP contribution is -2.11. The zero-order valence-corrected chi connectivity index (χ0v) is 13.6. The third-order valence-electron chi connectivity index (χ3n) is 3.51. The maximum Gasteiger partial charge on any atom is 0.334 e. The van der Waals surface area contributed by atoms with Gasteiger partial charge in [0.1, 0.15) is 11.6 Å². The van der Waals surface area contributed by atoms with Crippen LogP contribution in [0.2, 0.25) is 0 Å². The molecule has 0 atom stereocenters. The number of carbonyl (C=O) groups excluding carboxylic acids is 1. The summed E-state index contributed by atoms with van der Waals surface area (Å²) in [5.74, 6) is -1.07. The van der Waals surface area contributed by atoms with Gasteiger partial charge in [0, 0.05) is 12.0 Å². The average Bonchev–Trinajstić information content (AvgIpc) is 2.58. The van der Waals surface area contributed by atoms with E-state index in [0.29, 0.717) is 24.2 Å². The summed E-state index contributed by atoms with van der Waals surface area (Å²) in [4.78, 5) is 12.3. The smallest absolute Gasteiger partial charge is 0.334 e. The zero-order chi connectivity index (χ0) is 17.4. The first-order valence-corrected chi connectivity index (χ1v) is 7.96. The molecular formula is C20H20F2O2. The van der Waals surface area contributed by atoms with Crippen LogP contribution in [-0.2, 0) is 16.0 Å². The average molecular weight is 330 g/mol. The van der Waals surface area contributed by atoms with Gasteiger partial charge in [-0.3, -0.25) is 0 Å². The molecule has 0 fully saturated rings. The third kappa shape index (κ3) is 5.61. The van der Waals surface area contributed by atoms with Crippen LogP contribution in [0.15, 0.2) is 54.1 Å². The summed E-state index contributed by atoms with van der Waals surface area (Å²) in [5, 5.41) is 0. The minimum absolute atomic E-state index is 0.322. The molecule has 0 saturated carbocycles. The summed E-state index contributed by atoms with van der Waals surface area (Å²) in [6.45, 7) is 2.38. The van der Waals surface area contributed by atoms with Crippen molar-refractivity contribution < 1.29 is 18.3 Å². The number of carbonyl (C=O) groups is 1. The van der Waals surface area contributed by atoms with Gasteiger partial charge < -0.3 is 4.74 Å². The van der Waals surface area contributed by atoms with E-state index in [-0.39, 0.29) is 11.6 Å². The van der Waals surface area contributed by atoms with Crippen LogP contribution in [0, 0.1) is 11.6 Å². The molecule has 0 aliphatic rings. The lowest BCUT2D eigenvalue weighted by atomic mass is 10.0. The van der Waals surface area contributed by atoms with Crippen molar-refractivity contribution >= 4 is 12.0 Å². The van der Waals surface area contributed by atoms with Crippen molar-refractivity contribution in [1.82, 2.24) is 0 Å². The molecule has 0 aliphatic heterocycles. The van der Waals surface area contributed by atoms with Gasteiger partial charge in [-0.2, -0.15) is 0 Å². The van der Waals surface area contributed by atoms with Crippen molar-refractivity contribution in [2.45, 2.75) is 26.2 Å². The Morgan fingerprint density at radius 1 is 1.00 bits per heavy atom. The minimum atomic E-state index is -0.405. The normalized spacial score (nSPS) is 11.4. The van der Waals surface area contributed by atoms with E-state index in [4.69, 9.17) is 4.74 Å². The van der Waals surface area contributed by atoms with Gasteiger partial charge in [-0.15, -0.1) is 0 Å². The van der Waals surface area contributed by atoms with Gasteiger partial charge in [-0.25, -0.2) is 13.6 Å². The molecular weight excluding hydrogens is 310 g/mol. The van der Waals surface area contributed by atoms with E-state index in [1.54, 1.807) is 30.3 Å². The molecule has 0 amide bonds. The van der Waals surface area contributed by atoms with Gasteiger partial charge in [0.2, 0.25) is 0 Å². The van der Waals surface area contributed by atoms with E-state index >= 15 is 0 Å². The summed E-state index contributed by atoms with van der Waals surface area (Å²) >= 11 is 0. The molecule has 0 N–H and O–H groups in total. The number of benzene rings is 2. The molecule has 2 nitrogen and oxygen atoms in total. The first-order chi connectivity index (χ1) is 11.6. The van der Waals surface area contributed by atoms with Gasteiger partial charge >= 0.3 is 5.97 Å². The highest BCUT2D eigenvalue weighted by molar-refractivity contribution is 5.94. The molecule has 0 aromatic heterocycles. The van der Waals surface area contributed by atoms with Crippen LogP contribution in [0.1, 0.15) is 30.9 Å². The lowest BCUT2D eigenvalue weighted by molar-refractivity contribution is -0.139. The van der Waals surface area contributed by atoms with Crippen molar-refractivity contribution in [3.63, 3.8) is 0 Å². The molecule has 2 aromatic rings. The minimum Gasteiger partial charge on any atom is -0.462 e. The Morgan fingerprint density at radius 3 is 2.17 bits per heavy atom. The Hall–Kier alpha value is -2.49. The number of hydrogen-bond acceptors (Lipinski definition) is 2. The molecule has 0 radical (unpaired) electrons. The maximum absolute atomic E-state index is 13.0. The van der Waals surface area contributed by atoms with E-state index in [1.807, 2.05) is 6.92 Å². The number of rotatable bonds is 7. The van der Waals surface area contributed by atoms with Crippen molar-refractivity contribution in [3.05, 3.63) is 76.9 Å². The lowest BCUT2D eigenvalue weighted by Gasteiger charge is -2.09. The maximum atomic E-state index is 13.0. The summed E-state index contributed by atoms with van der Waals surface area (Å²) in [7, 11) is 0. The number of ether oxygens (including phenoxy) is 1. The van der Waals surface area contributed by atoms with Crippen LogP contribution >= 0.6 is 0 Å². The molecule has 0 unspecified atom stereocenters. The molecule has 2 aromatic carbocycles. The van der Waals surface area contributed by atoms with Crippen molar-refractivity contribution in [2.24, 2.45) is 0 Å². The molecule has 0 saturated heterocycles. The monoisotopic (exact) mass is 330 g/mol. The van der Waals surface area contributed by atoms with E-state index in [9.17, 15) is 13.6 Å². The van der Waals surface area contributed by atoms with Crippen LogP contribution in [0.25, 0.3) is 6.08 Å². The molecule has 2 rings (SSSR count). The van der Waals surface area contributed by atoms with Crippen LogP contribution in [0.5, 0.6) is 0 Å². The van der Waals surface area contributed by atoms with Crippen LogP contribution in [0.3, 0.4) is 0 Å². The number of hydrogen-bond donors (Lipinski definition) is 0. The second-order valence-corrected chi connectivity index (χ2v) is 5.51. The fourth-order valence-corrected chi connectivity index (χ4v) is 2.17. The van der Waals surface area contributed by atoms with Crippen molar-refractivity contribution in [2.75, 3.05) is 6.61 Å². The van der Waals surface area contributed by atoms with Gasteiger partial charge in [0.15, 0.2) is 0 Å². The highest BCUT2D eigenvalue weighted by atomic mass is 19.1. The molecule has 4 heteroatoms. The third-order valence-corrected chi connectivity index (χ3v) is 3.51. The zero-order valence-electron chi connectivity index (χ0n) is 13.6. The summed E-state index contributed by atoms with van der Waals surface area (Å²) < 4.78 is 31.3. The predicted molar refractivity (Wildman–Crippen MR) is 90.3 cm³/mol. The second-order valence-electron chi connectivity index (χ2n) is 5.51. The van der Waals surface area contributed by atoms with E-state index < -0.39 is 5.97 Å². The largest absolute Gasteiger partial charge is 0.462 e. The SMILES string of the molecule is CCCCOC(=O)/C(=C\c1ccc(F)cc1)Cc1ccc(F)cc1. The Morgan fingerprint density at radius 2 is 1.58 bits per heavy atom. The Bertz CT molecular complexity index is 689. The molecule has 0 bridgehead atoms. The van der Waals surface area contributed by atoms with E-state index in [0.717, 1.165) is 18.4 Å². The Labute approximate surface area is 140 Å². The standard InChI is InChI=1S/C20H20F2O2/c1-2-3-12-24-20(23)17(13-15-4-8-18(21)9-5-15)14-16-6-10-19(22)11-7-16/h4-11,13H,2-3,12,14H2,1H3/b17-13-. The van der Waals surface area contributed by atoms with Crippen LogP contribution in [0.4, 0.5) is 8.78 Å². The Kier molecular flexibility index (Phi) is 6.67. The van der Waals surface area contributed by atoms with Gasteiger partial charge in [0.25, 0.3) is 0 Å². The molecule has 24 heavy (non-hydrogen) atoms. The number of halogens is 2. The highest BCUT2D eigenvalue weighted by Crippen LogP contribution is 2.16. The van der Waals surface area contributed by atoms with Gasteiger partial charge in [-0.05, 0) is 47.9 Å². The topological polar surface area (TPSA) is 26.3 Å². The van der Waals surface area contributed by atoms with E-state index in [1.165, 1.54) is 24.3 Å². The number of unbranched alkanes of at least 4 members (excludes halogenated alkanes) is 1. The first kappa shape index (κ1) is 17.9. The summed E-state index contributed by atoms with van der Waals surface area (Å²) in [6, 6.07) is 11.8. The van der Waals surface area contributed by atoms with E-state index in [2.05, 4.69) is 0 Å². The molecule has 0 aliphatic carbocycles. The fraction of sp³-hybridized carbons (Fsp3) is 0.250. The van der Waals surface area contributed by atoms with Gasteiger partial charge in [0.05, 0.1) is 6.61 Å². The van der Waals surface area contributed by atoms with Gasteiger partial charge in [-0.1, -0.05) is 37.6 Å².